The smallest absolute Gasteiger partial charge is 0.270 e. The molecule has 0 saturated heterocycles. The molecule has 20 heavy (non-hydrogen) atoms. The first-order valence-electron chi connectivity index (χ1n) is 7.78. The van der Waals surface area contributed by atoms with Gasteiger partial charge in [0.25, 0.3) is 5.91 Å². The van der Waals surface area contributed by atoms with Crippen molar-refractivity contribution in [1.82, 2.24) is 10.3 Å². The molecule has 0 spiro atoms. The lowest BCUT2D eigenvalue weighted by atomic mass is 10.1. The average Bonchev–Trinajstić information content (AvgIpc) is 3.35. The van der Waals surface area contributed by atoms with Crippen LogP contribution in [0, 0.1) is 11.8 Å². The lowest BCUT2D eigenvalue weighted by Gasteiger charge is -2.17. The molecule has 0 aliphatic heterocycles. The van der Waals surface area contributed by atoms with Crippen LogP contribution in [0.3, 0.4) is 0 Å². The van der Waals surface area contributed by atoms with Crippen molar-refractivity contribution in [3.8, 4) is 0 Å². The number of aromatic nitrogens is 1. The van der Waals surface area contributed by atoms with Crippen molar-refractivity contribution in [3.05, 3.63) is 24.0 Å². The molecule has 0 aromatic carbocycles. The van der Waals surface area contributed by atoms with Crippen LogP contribution in [0.15, 0.2) is 18.3 Å². The summed E-state index contributed by atoms with van der Waals surface area (Å²) in [7, 11) is 0. The molecule has 1 heterocycles. The van der Waals surface area contributed by atoms with Crippen molar-refractivity contribution in [2.75, 3.05) is 11.9 Å². The van der Waals surface area contributed by atoms with Gasteiger partial charge in [-0.05, 0) is 56.1 Å². The SMILES string of the molecule is CCCNc1ccnc(C(=O)NC(C2CC2)C2CC2)c1. The quantitative estimate of drug-likeness (QED) is 0.803. The van der Waals surface area contributed by atoms with E-state index in [1.54, 1.807) is 6.20 Å². The second-order valence-electron chi connectivity index (χ2n) is 6.03. The number of hydrogen-bond acceptors (Lipinski definition) is 3. The molecule has 0 radical (unpaired) electrons. The Kier molecular flexibility index (Phi) is 3.90. The van der Waals surface area contributed by atoms with E-state index >= 15 is 0 Å². The fraction of sp³-hybridized carbons (Fsp3) is 0.625. The number of pyridine rings is 1. The van der Waals surface area contributed by atoms with E-state index in [4.69, 9.17) is 0 Å². The Balaban J connectivity index is 1.63. The second-order valence-corrected chi connectivity index (χ2v) is 6.03. The summed E-state index contributed by atoms with van der Waals surface area (Å²) < 4.78 is 0. The zero-order valence-electron chi connectivity index (χ0n) is 12.1. The maximum Gasteiger partial charge on any atom is 0.270 e. The van der Waals surface area contributed by atoms with E-state index in [-0.39, 0.29) is 5.91 Å². The third kappa shape index (κ3) is 3.30. The Morgan fingerprint density at radius 1 is 1.35 bits per heavy atom. The summed E-state index contributed by atoms with van der Waals surface area (Å²) in [5.41, 5.74) is 1.50. The largest absolute Gasteiger partial charge is 0.385 e. The van der Waals surface area contributed by atoms with Crippen molar-refractivity contribution in [3.63, 3.8) is 0 Å². The Morgan fingerprint density at radius 2 is 2.05 bits per heavy atom. The molecule has 1 amide bonds. The van der Waals surface area contributed by atoms with Crippen LogP contribution in [0.4, 0.5) is 5.69 Å². The maximum absolute atomic E-state index is 12.3. The normalized spacial score (nSPS) is 18.1. The van der Waals surface area contributed by atoms with Gasteiger partial charge >= 0.3 is 0 Å². The van der Waals surface area contributed by atoms with Gasteiger partial charge in [0, 0.05) is 24.5 Å². The number of rotatable bonds is 7. The van der Waals surface area contributed by atoms with Crippen LogP contribution in [-0.4, -0.2) is 23.5 Å². The fourth-order valence-electron chi connectivity index (χ4n) is 2.69. The van der Waals surface area contributed by atoms with E-state index in [2.05, 4.69) is 22.5 Å². The third-order valence-electron chi connectivity index (χ3n) is 4.13. The number of hydrogen-bond donors (Lipinski definition) is 2. The van der Waals surface area contributed by atoms with Gasteiger partial charge < -0.3 is 10.6 Å². The van der Waals surface area contributed by atoms with Crippen molar-refractivity contribution >= 4 is 11.6 Å². The van der Waals surface area contributed by atoms with Crippen LogP contribution in [0.5, 0.6) is 0 Å². The van der Waals surface area contributed by atoms with E-state index in [0.29, 0.717) is 23.6 Å². The van der Waals surface area contributed by atoms with Gasteiger partial charge in [0.1, 0.15) is 5.69 Å². The summed E-state index contributed by atoms with van der Waals surface area (Å²) in [6.45, 7) is 3.04. The van der Waals surface area contributed by atoms with Crippen LogP contribution in [-0.2, 0) is 0 Å². The molecule has 108 valence electrons. The number of nitrogens with one attached hydrogen (secondary N) is 2. The molecular formula is C16H23N3O. The van der Waals surface area contributed by atoms with Gasteiger partial charge in [-0.2, -0.15) is 0 Å². The number of anilines is 1. The van der Waals surface area contributed by atoms with E-state index in [1.165, 1.54) is 25.7 Å². The first-order valence-corrected chi connectivity index (χ1v) is 7.78. The van der Waals surface area contributed by atoms with Crippen molar-refractivity contribution in [2.24, 2.45) is 11.8 Å². The molecule has 0 atom stereocenters. The summed E-state index contributed by atoms with van der Waals surface area (Å²) >= 11 is 0. The number of carbonyl (C=O) groups is 1. The highest BCUT2D eigenvalue weighted by Crippen LogP contribution is 2.44. The summed E-state index contributed by atoms with van der Waals surface area (Å²) in [6.07, 6.45) is 7.85. The van der Waals surface area contributed by atoms with Gasteiger partial charge in [-0.25, -0.2) is 0 Å². The Bertz CT molecular complexity index is 468. The lowest BCUT2D eigenvalue weighted by Crippen LogP contribution is -2.38. The van der Waals surface area contributed by atoms with Gasteiger partial charge in [-0.1, -0.05) is 6.92 Å². The van der Waals surface area contributed by atoms with Gasteiger partial charge in [-0.3, -0.25) is 9.78 Å². The second kappa shape index (κ2) is 5.81. The van der Waals surface area contributed by atoms with Crippen LogP contribution in [0.2, 0.25) is 0 Å². The molecule has 4 heteroatoms. The molecule has 2 aliphatic carbocycles. The zero-order chi connectivity index (χ0) is 13.9. The molecule has 1 aromatic rings. The van der Waals surface area contributed by atoms with Crippen LogP contribution in [0.1, 0.15) is 49.5 Å². The zero-order valence-corrected chi connectivity index (χ0v) is 12.1. The minimum absolute atomic E-state index is 0.0195. The molecule has 4 nitrogen and oxygen atoms in total. The number of amides is 1. The van der Waals surface area contributed by atoms with Crippen LogP contribution < -0.4 is 10.6 Å². The van der Waals surface area contributed by atoms with Crippen molar-refractivity contribution < 1.29 is 4.79 Å². The third-order valence-corrected chi connectivity index (χ3v) is 4.13. The molecule has 2 N–H and O–H groups in total. The summed E-state index contributed by atoms with van der Waals surface area (Å²) in [5.74, 6) is 1.41. The van der Waals surface area contributed by atoms with E-state index in [1.807, 2.05) is 12.1 Å². The van der Waals surface area contributed by atoms with Crippen LogP contribution >= 0.6 is 0 Å². The molecule has 0 unspecified atom stereocenters. The molecule has 2 fully saturated rings. The van der Waals surface area contributed by atoms with Gasteiger partial charge in [0.2, 0.25) is 0 Å². The summed E-state index contributed by atoms with van der Waals surface area (Å²) in [5, 5.41) is 6.50. The molecule has 2 aliphatic rings. The van der Waals surface area contributed by atoms with Gasteiger partial charge in [0.15, 0.2) is 0 Å². The first-order chi connectivity index (χ1) is 9.78. The highest BCUT2D eigenvalue weighted by atomic mass is 16.1. The molecule has 3 rings (SSSR count). The van der Waals surface area contributed by atoms with E-state index in [9.17, 15) is 4.79 Å². The highest BCUT2D eigenvalue weighted by Gasteiger charge is 2.42. The minimum Gasteiger partial charge on any atom is -0.385 e. The monoisotopic (exact) mass is 273 g/mol. The fourth-order valence-corrected chi connectivity index (χ4v) is 2.69. The predicted octanol–water partition coefficient (Wildman–Crippen LogP) is 2.82. The van der Waals surface area contributed by atoms with E-state index in [0.717, 1.165) is 18.7 Å². The Labute approximate surface area is 120 Å². The Hall–Kier alpha value is -1.58. The summed E-state index contributed by atoms with van der Waals surface area (Å²) in [4.78, 5) is 16.6. The molecule has 1 aromatic heterocycles. The van der Waals surface area contributed by atoms with Crippen molar-refractivity contribution in [1.29, 1.82) is 0 Å². The van der Waals surface area contributed by atoms with Crippen molar-refractivity contribution in [2.45, 2.75) is 45.1 Å². The van der Waals surface area contributed by atoms with Gasteiger partial charge in [0.05, 0.1) is 0 Å². The maximum atomic E-state index is 12.3. The first kappa shape index (κ1) is 13.4. The number of carbonyl (C=O) groups excluding carboxylic acids is 1. The summed E-state index contributed by atoms with van der Waals surface area (Å²) in [6, 6.07) is 4.14. The minimum atomic E-state index is -0.0195. The molecule has 2 saturated carbocycles. The van der Waals surface area contributed by atoms with E-state index < -0.39 is 0 Å². The molecule has 0 bridgehead atoms. The van der Waals surface area contributed by atoms with Crippen LogP contribution in [0.25, 0.3) is 0 Å². The average molecular weight is 273 g/mol. The number of nitrogens with zero attached hydrogens (tertiary/aromatic N) is 1. The topological polar surface area (TPSA) is 54.0 Å². The van der Waals surface area contributed by atoms with Gasteiger partial charge in [-0.15, -0.1) is 0 Å². The standard InChI is InChI=1S/C16H23N3O/c1-2-8-17-13-7-9-18-14(10-13)16(20)19-15(11-3-4-11)12-5-6-12/h7,9-12,15H,2-6,8H2,1H3,(H,17,18)(H,19,20). The molecular weight excluding hydrogens is 250 g/mol. The predicted molar refractivity (Wildman–Crippen MR) is 79.7 cm³/mol. The lowest BCUT2D eigenvalue weighted by molar-refractivity contribution is 0.0921. The highest BCUT2D eigenvalue weighted by molar-refractivity contribution is 5.93. The Morgan fingerprint density at radius 3 is 2.65 bits per heavy atom.